The van der Waals surface area contributed by atoms with Crippen LogP contribution in [0, 0.1) is 13.8 Å². The van der Waals surface area contributed by atoms with E-state index in [1.165, 1.54) is 0 Å². The van der Waals surface area contributed by atoms with Gasteiger partial charge >= 0.3 is 5.97 Å². The molecule has 1 N–H and O–H groups in total. The summed E-state index contributed by atoms with van der Waals surface area (Å²) in [6.07, 6.45) is 0. The normalized spacial score (nSPS) is 11.6. The van der Waals surface area contributed by atoms with E-state index in [9.17, 15) is 9.59 Å². The van der Waals surface area contributed by atoms with Gasteiger partial charge in [-0.25, -0.2) is 4.79 Å². The minimum absolute atomic E-state index is 0.199. The lowest BCUT2D eigenvalue weighted by atomic mass is 10.0. The second kappa shape index (κ2) is 8.29. The lowest BCUT2D eigenvalue weighted by Gasteiger charge is -2.13. The van der Waals surface area contributed by atoms with Gasteiger partial charge in [-0.3, -0.25) is 4.79 Å². The molecule has 0 aliphatic carbocycles. The maximum atomic E-state index is 12.1. The summed E-state index contributed by atoms with van der Waals surface area (Å²) in [7, 11) is 0. The molecule has 0 aromatic heterocycles. The van der Waals surface area contributed by atoms with Gasteiger partial charge in [0.15, 0.2) is 6.61 Å². The summed E-state index contributed by atoms with van der Waals surface area (Å²) >= 11 is 0. The fraction of sp³-hybridized carbons (Fsp3) is 0.300. The van der Waals surface area contributed by atoms with Crippen LogP contribution in [-0.4, -0.2) is 25.0 Å². The van der Waals surface area contributed by atoms with E-state index in [0.717, 1.165) is 16.7 Å². The summed E-state index contributed by atoms with van der Waals surface area (Å²) in [5.74, 6) is -0.566. The number of carbonyl (C=O) groups is 2. The Labute approximate surface area is 142 Å². The van der Waals surface area contributed by atoms with E-state index < -0.39 is 5.97 Å². The number of aryl methyl sites for hydroxylation is 1. The SMILES string of the molecule is Cc1cccc(C(=O)OCC(=O)NC[C@H](C)c2ccccc2)c1C. The second-order valence-electron chi connectivity index (χ2n) is 5.94. The van der Waals surface area contributed by atoms with Crippen LogP contribution in [0.25, 0.3) is 0 Å². The van der Waals surface area contributed by atoms with E-state index in [1.807, 2.05) is 57.2 Å². The topological polar surface area (TPSA) is 55.4 Å². The highest BCUT2D eigenvalue weighted by Crippen LogP contribution is 2.14. The molecular weight excluding hydrogens is 302 g/mol. The number of carbonyl (C=O) groups excluding carboxylic acids is 2. The summed E-state index contributed by atoms with van der Waals surface area (Å²) in [4.78, 5) is 24.0. The third kappa shape index (κ3) is 4.69. The molecular formula is C20H23NO3. The van der Waals surface area contributed by atoms with E-state index >= 15 is 0 Å². The van der Waals surface area contributed by atoms with Crippen LogP contribution in [0.5, 0.6) is 0 Å². The maximum Gasteiger partial charge on any atom is 0.338 e. The molecule has 1 amide bonds. The first-order chi connectivity index (χ1) is 11.5. The standard InChI is InChI=1S/C20H23NO3/c1-14-8-7-11-18(16(14)3)20(23)24-13-19(22)21-12-15(2)17-9-5-4-6-10-17/h4-11,15H,12-13H2,1-3H3,(H,21,22)/t15-/m0/s1. The largest absolute Gasteiger partial charge is 0.452 e. The van der Waals surface area contributed by atoms with Crippen molar-refractivity contribution in [2.45, 2.75) is 26.7 Å². The van der Waals surface area contributed by atoms with Crippen LogP contribution in [0.2, 0.25) is 0 Å². The fourth-order valence-corrected chi connectivity index (χ4v) is 2.40. The average Bonchev–Trinajstić information content (AvgIpc) is 2.60. The van der Waals surface area contributed by atoms with E-state index in [0.29, 0.717) is 12.1 Å². The lowest BCUT2D eigenvalue weighted by Crippen LogP contribution is -2.31. The molecule has 126 valence electrons. The van der Waals surface area contributed by atoms with E-state index in [-0.39, 0.29) is 18.4 Å². The van der Waals surface area contributed by atoms with Gasteiger partial charge < -0.3 is 10.1 Å². The van der Waals surface area contributed by atoms with Gasteiger partial charge in [0.1, 0.15) is 0 Å². The average molecular weight is 325 g/mol. The highest BCUT2D eigenvalue weighted by atomic mass is 16.5. The zero-order valence-corrected chi connectivity index (χ0v) is 14.3. The van der Waals surface area contributed by atoms with Gasteiger partial charge in [-0.15, -0.1) is 0 Å². The molecule has 0 heterocycles. The highest BCUT2D eigenvalue weighted by molar-refractivity contribution is 5.93. The molecule has 4 heteroatoms. The van der Waals surface area contributed by atoms with Crippen LogP contribution in [0.1, 0.15) is 39.9 Å². The molecule has 0 aliphatic rings. The van der Waals surface area contributed by atoms with E-state index in [4.69, 9.17) is 4.74 Å². The number of hydrogen-bond acceptors (Lipinski definition) is 3. The van der Waals surface area contributed by atoms with Crippen molar-refractivity contribution < 1.29 is 14.3 Å². The minimum atomic E-state index is -0.470. The monoisotopic (exact) mass is 325 g/mol. The van der Waals surface area contributed by atoms with Crippen LogP contribution >= 0.6 is 0 Å². The summed E-state index contributed by atoms with van der Waals surface area (Å²) < 4.78 is 5.11. The summed E-state index contributed by atoms with van der Waals surface area (Å²) in [5, 5.41) is 2.80. The Kier molecular flexibility index (Phi) is 6.13. The molecule has 2 rings (SSSR count). The number of benzene rings is 2. The first-order valence-corrected chi connectivity index (χ1v) is 8.04. The quantitative estimate of drug-likeness (QED) is 0.828. The lowest BCUT2D eigenvalue weighted by molar-refractivity contribution is -0.124. The molecule has 24 heavy (non-hydrogen) atoms. The molecule has 2 aromatic rings. The Morgan fingerprint density at radius 1 is 1.04 bits per heavy atom. The van der Waals surface area contributed by atoms with Crippen molar-refractivity contribution in [3.05, 3.63) is 70.8 Å². The Hall–Kier alpha value is -2.62. The van der Waals surface area contributed by atoms with Crippen molar-refractivity contribution in [3.8, 4) is 0 Å². The molecule has 0 aliphatic heterocycles. The number of hydrogen-bond donors (Lipinski definition) is 1. The van der Waals surface area contributed by atoms with Crippen molar-refractivity contribution in [2.24, 2.45) is 0 Å². The molecule has 0 bridgehead atoms. The van der Waals surface area contributed by atoms with E-state index in [2.05, 4.69) is 5.32 Å². The van der Waals surface area contributed by atoms with Gasteiger partial charge in [0.05, 0.1) is 5.56 Å². The summed E-state index contributed by atoms with van der Waals surface area (Å²) in [6.45, 7) is 6.08. The zero-order chi connectivity index (χ0) is 17.5. The predicted molar refractivity (Wildman–Crippen MR) is 94.1 cm³/mol. The first-order valence-electron chi connectivity index (χ1n) is 8.04. The van der Waals surface area contributed by atoms with E-state index in [1.54, 1.807) is 12.1 Å². The minimum Gasteiger partial charge on any atom is -0.452 e. The maximum absolute atomic E-state index is 12.1. The van der Waals surface area contributed by atoms with Crippen molar-refractivity contribution in [2.75, 3.05) is 13.2 Å². The number of ether oxygens (including phenoxy) is 1. The fourth-order valence-electron chi connectivity index (χ4n) is 2.40. The first kappa shape index (κ1) is 17.7. The Bertz CT molecular complexity index is 710. The van der Waals surface area contributed by atoms with Crippen molar-refractivity contribution in [1.82, 2.24) is 5.32 Å². The number of rotatable bonds is 6. The van der Waals surface area contributed by atoms with Gasteiger partial charge in [-0.1, -0.05) is 49.4 Å². The molecule has 0 unspecified atom stereocenters. The van der Waals surface area contributed by atoms with Gasteiger partial charge in [-0.05, 0) is 42.5 Å². The number of esters is 1. The van der Waals surface area contributed by atoms with Crippen LogP contribution in [0.15, 0.2) is 48.5 Å². The molecule has 0 radical (unpaired) electrons. The van der Waals surface area contributed by atoms with Crippen molar-refractivity contribution >= 4 is 11.9 Å². The van der Waals surface area contributed by atoms with Crippen LogP contribution < -0.4 is 5.32 Å². The predicted octanol–water partition coefficient (Wildman–Crippen LogP) is 3.38. The Balaban J connectivity index is 1.81. The summed E-state index contributed by atoms with van der Waals surface area (Å²) in [6, 6.07) is 15.4. The molecule has 1 atom stereocenters. The number of nitrogens with one attached hydrogen (secondary N) is 1. The molecule has 2 aromatic carbocycles. The van der Waals surface area contributed by atoms with Gasteiger partial charge in [-0.2, -0.15) is 0 Å². The molecule has 0 saturated heterocycles. The van der Waals surface area contributed by atoms with Gasteiger partial charge in [0.2, 0.25) is 0 Å². The van der Waals surface area contributed by atoms with Crippen LogP contribution in [0.4, 0.5) is 0 Å². The summed E-state index contributed by atoms with van der Waals surface area (Å²) in [5.41, 5.74) is 3.55. The highest BCUT2D eigenvalue weighted by Gasteiger charge is 2.14. The van der Waals surface area contributed by atoms with Crippen LogP contribution in [-0.2, 0) is 9.53 Å². The van der Waals surface area contributed by atoms with Crippen LogP contribution in [0.3, 0.4) is 0 Å². The molecule has 0 saturated carbocycles. The number of amides is 1. The van der Waals surface area contributed by atoms with Crippen molar-refractivity contribution in [3.63, 3.8) is 0 Å². The third-order valence-corrected chi connectivity index (χ3v) is 4.13. The zero-order valence-electron chi connectivity index (χ0n) is 14.3. The van der Waals surface area contributed by atoms with Crippen molar-refractivity contribution in [1.29, 1.82) is 0 Å². The smallest absolute Gasteiger partial charge is 0.338 e. The Morgan fingerprint density at radius 3 is 2.46 bits per heavy atom. The third-order valence-electron chi connectivity index (χ3n) is 4.13. The molecule has 4 nitrogen and oxygen atoms in total. The van der Waals surface area contributed by atoms with Gasteiger partial charge in [0, 0.05) is 6.54 Å². The molecule has 0 fully saturated rings. The Morgan fingerprint density at radius 2 is 1.75 bits per heavy atom. The van der Waals surface area contributed by atoms with Gasteiger partial charge in [0.25, 0.3) is 5.91 Å². The second-order valence-corrected chi connectivity index (χ2v) is 5.94. The molecule has 0 spiro atoms.